The first-order chi connectivity index (χ1) is 11.1. The van der Waals surface area contributed by atoms with Crippen molar-refractivity contribution in [3.05, 3.63) is 54.1 Å². The molecule has 2 aromatic rings. The molecule has 0 aliphatic heterocycles. The third kappa shape index (κ3) is 5.54. The summed E-state index contributed by atoms with van der Waals surface area (Å²) in [6.07, 6.45) is -0.0817. The number of methoxy groups -OCH3 is 1. The molecule has 0 radical (unpaired) electrons. The van der Waals surface area contributed by atoms with Gasteiger partial charge in [0.2, 0.25) is 0 Å². The Balaban J connectivity index is 1.83. The Labute approximate surface area is 137 Å². The van der Waals surface area contributed by atoms with Crippen molar-refractivity contribution >= 4 is 11.6 Å². The van der Waals surface area contributed by atoms with E-state index in [9.17, 15) is 0 Å². The van der Waals surface area contributed by atoms with Gasteiger partial charge in [-0.2, -0.15) is 0 Å². The summed E-state index contributed by atoms with van der Waals surface area (Å²) in [7, 11) is 1.64. The number of nitrogens with one attached hydrogen (secondary N) is 1. The fourth-order valence-electron chi connectivity index (χ4n) is 1.98. The van der Waals surface area contributed by atoms with E-state index >= 15 is 0 Å². The van der Waals surface area contributed by atoms with Gasteiger partial charge in [0.15, 0.2) is 5.96 Å². The van der Waals surface area contributed by atoms with Crippen LogP contribution >= 0.6 is 0 Å². The Morgan fingerprint density at radius 2 is 1.70 bits per heavy atom. The highest BCUT2D eigenvalue weighted by Gasteiger charge is 2.04. The van der Waals surface area contributed by atoms with Gasteiger partial charge in [0.25, 0.3) is 0 Å². The van der Waals surface area contributed by atoms with Gasteiger partial charge in [0.05, 0.1) is 13.7 Å². The average Bonchev–Trinajstić information content (AvgIpc) is 2.56. The van der Waals surface area contributed by atoms with Gasteiger partial charge >= 0.3 is 0 Å². The summed E-state index contributed by atoms with van der Waals surface area (Å²) in [6.45, 7) is 4.46. The highest BCUT2D eigenvalue weighted by molar-refractivity contribution is 5.92. The van der Waals surface area contributed by atoms with Gasteiger partial charge in [-0.15, -0.1) is 0 Å². The lowest BCUT2D eigenvalue weighted by molar-refractivity contribution is 0.230. The lowest BCUT2D eigenvalue weighted by atomic mass is 10.2. The van der Waals surface area contributed by atoms with Crippen molar-refractivity contribution in [2.75, 3.05) is 19.0 Å². The number of nitrogens with two attached hydrogens (primary N) is 1. The zero-order chi connectivity index (χ0) is 16.7. The van der Waals surface area contributed by atoms with Crippen molar-refractivity contribution in [2.45, 2.75) is 20.0 Å². The molecule has 0 saturated carbocycles. The lowest BCUT2D eigenvalue weighted by Crippen LogP contribution is -2.25. The molecule has 3 N–H and O–H groups in total. The number of benzene rings is 2. The molecular weight excluding hydrogens is 290 g/mol. The molecule has 1 atom stereocenters. The molecule has 0 aliphatic rings. The number of hydrogen-bond donors (Lipinski definition) is 2. The quantitative estimate of drug-likeness (QED) is 0.635. The number of aliphatic imine (C=N–C) groups is 1. The topological polar surface area (TPSA) is 68.9 Å². The van der Waals surface area contributed by atoms with E-state index in [2.05, 4.69) is 10.3 Å². The molecule has 0 fully saturated rings. The zero-order valence-corrected chi connectivity index (χ0v) is 13.7. The standard InChI is InChI=1S/C18H23N3O2/c1-13-4-6-15(7-5-13)21-18(19)20-12-14(2)23-17-10-8-16(22-3)9-11-17/h4-11,14H,12H2,1-3H3,(H3,19,20,21). The van der Waals surface area contributed by atoms with Crippen LogP contribution in [0.3, 0.4) is 0 Å². The van der Waals surface area contributed by atoms with Gasteiger partial charge in [-0.05, 0) is 50.2 Å². The summed E-state index contributed by atoms with van der Waals surface area (Å²) in [5.41, 5.74) is 8.01. The molecule has 2 rings (SSSR count). The zero-order valence-electron chi connectivity index (χ0n) is 13.7. The summed E-state index contributed by atoms with van der Waals surface area (Å²) < 4.78 is 10.9. The van der Waals surface area contributed by atoms with Gasteiger partial charge in [-0.25, -0.2) is 4.99 Å². The Morgan fingerprint density at radius 3 is 2.30 bits per heavy atom. The highest BCUT2D eigenvalue weighted by Crippen LogP contribution is 2.18. The fraction of sp³-hybridized carbons (Fsp3) is 0.278. The molecule has 0 aliphatic carbocycles. The van der Waals surface area contributed by atoms with Gasteiger partial charge in [0, 0.05) is 5.69 Å². The molecule has 5 nitrogen and oxygen atoms in total. The van der Waals surface area contributed by atoms with E-state index in [0.717, 1.165) is 17.2 Å². The highest BCUT2D eigenvalue weighted by atomic mass is 16.5. The summed E-state index contributed by atoms with van der Waals surface area (Å²) in [5.74, 6) is 1.95. The molecule has 0 saturated heterocycles. The number of ether oxygens (including phenoxy) is 2. The molecule has 0 heterocycles. The lowest BCUT2D eigenvalue weighted by Gasteiger charge is -2.13. The number of nitrogens with zero attached hydrogens (tertiary/aromatic N) is 1. The summed E-state index contributed by atoms with van der Waals surface area (Å²) in [6, 6.07) is 15.4. The van der Waals surface area contributed by atoms with E-state index < -0.39 is 0 Å². The predicted molar refractivity (Wildman–Crippen MR) is 94.4 cm³/mol. The molecule has 122 valence electrons. The van der Waals surface area contributed by atoms with E-state index in [1.807, 2.05) is 62.4 Å². The van der Waals surface area contributed by atoms with Crippen molar-refractivity contribution in [3.63, 3.8) is 0 Å². The Kier molecular flexibility index (Phi) is 5.86. The predicted octanol–water partition coefficient (Wildman–Crippen LogP) is 3.20. The van der Waals surface area contributed by atoms with Crippen LogP contribution in [0.2, 0.25) is 0 Å². The van der Waals surface area contributed by atoms with Gasteiger partial charge in [0.1, 0.15) is 17.6 Å². The van der Waals surface area contributed by atoms with Crippen LogP contribution in [0.4, 0.5) is 5.69 Å². The maximum atomic E-state index is 5.89. The number of aryl methyl sites for hydroxylation is 1. The van der Waals surface area contributed by atoms with Crippen LogP contribution in [0, 0.1) is 6.92 Å². The fourth-order valence-corrected chi connectivity index (χ4v) is 1.98. The summed E-state index contributed by atoms with van der Waals surface area (Å²) >= 11 is 0. The van der Waals surface area contributed by atoms with Crippen LogP contribution in [0.15, 0.2) is 53.5 Å². The largest absolute Gasteiger partial charge is 0.497 e. The summed E-state index contributed by atoms with van der Waals surface area (Å²) in [4.78, 5) is 4.31. The minimum atomic E-state index is -0.0817. The minimum Gasteiger partial charge on any atom is -0.497 e. The third-order valence-corrected chi connectivity index (χ3v) is 3.24. The Bertz CT molecular complexity index is 636. The van der Waals surface area contributed by atoms with Crippen molar-refractivity contribution in [1.82, 2.24) is 0 Å². The minimum absolute atomic E-state index is 0.0817. The van der Waals surface area contributed by atoms with Crippen molar-refractivity contribution < 1.29 is 9.47 Å². The second-order valence-electron chi connectivity index (χ2n) is 5.32. The summed E-state index contributed by atoms with van der Waals surface area (Å²) in [5, 5.41) is 3.06. The van der Waals surface area contributed by atoms with Crippen LogP contribution in [0.25, 0.3) is 0 Å². The normalized spacial score (nSPS) is 12.6. The van der Waals surface area contributed by atoms with Crippen LogP contribution in [-0.4, -0.2) is 25.7 Å². The van der Waals surface area contributed by atoms with Gasteiger partial charge in [-0.3, -0.25) is 0 Å². The van der Waals surface area contributed by atoms with E-state index in [1.165, 1.54) is 5.56 Å². The molecule has 2 aromatic carbocycles. The van der Waals surface area contributed by atoms with Crippen molar-refractivity contribution in [1.29, 1.82) is 0 Å². The van der Waals surface area contributed by atoms with Crippen molar-refractivity contribution in [3.8, 4) is 11.5 Å². The first kappa shape index (κ1) is 16.7. The van der Waals surface area contributed by atoms with Crippen LogP contribution in [-0.2, 0) is 0 Å². The SMILES string of the molecule is COc1ccc(OC(C)CN=C(N)Nc2ccc(C)cc2)cc1. The Morgan fingerprint density at radius 1 is 1.09 bits per heavy atom. The van der Waals surface area contributed by atoms with E-state index in [1.54, 1.807) is 7.11 Å². The van der Waals surface area contributed by atoms with E-state index in [-0.39, 0.29) is 6.10 Å². The third-order valence-electron chi connectivity index (χ3n) is 3.24. The molecule has 1 unspecified atom stereocenters. The second kappa shape index (κ2) is 8.08. The molecule has 5 heteroatoms. The number of anilines is 1. The molecular formula is C18H23N3O2. The van der Waals surface area contributed by atoms with Crippen LogP contribution in [0.5, 0.6) is 11.5 Å². The molecule has 0 amide bonds. The van der Waals surface area contributed by atoms with Gasteiger partial charge < -0.3 is 20.5 Å². The number of guanidine groups is 1. The molecule has 23 heavy (non-hydrogen) atoms. The molecule has 0 aromatic heterocycles. The Hall–Kier alpha value is -2.69. The van der Waals surface area contributed by atoms with Gasteiger partial charge in [-0.1, -0.05) is 17.7 Å². The van der Waals surface area contributed by atoms with E-state index in [4.69, 9.17) is 15.2 Å². The maximum absolute atomic E-state index is 5.89. The first-order valence-corrected chi connectivity index (χ1v) is 7.51. The smallest absolute Gasteiger partial charge is 0.193 e. The number of rotatable bonds is 6. The second-order valence-corrected chi connectivity index (χ2v) is 5.32. The van der Waals surface area contributed by atoms with Crippen LogP contribution < -0.4 is 20.5 Å². The van der Waals surface area contributed by atoms with Crippen molar-refractivity contribution in [2.24, 2.45) is 10.7 Å². The number of hydrogen-bond acceptors (Lipinski definition) is 3. The van der Waals surface area contributed by atoms with Crippen LogP contribution in [0.1, 0.15) is 12.5 Å². The maximum Gasteiger partial charge on any atom is 0.193 e. The average molecular weight is 313 g/mol. The first-order valence-electron chi connectivity index (χ1n) is 7.51. The molecule has 0 spiro atoms. The monoisotopic (exact) mass is 313 g/mol. The molecule has 0 bridgehead atoms. The van der Waals surface area contributed by atoms with E-state index in [0.29, 0.717) is 12.5 Å².